The number of aromatic nitrogens is 2. The van der Waals surface area contributed by atoms with E-state index in [9.17, 15) is 18.0 Å². The predicted molar refractivity (Wildman–Crippen MR) is 87.7 cm³/mol. The Hall–Kier alpha value is -2.62. The van der Waals surface area contributed by atoms with Gasteiger partial charge in [0.1, 0.15) is 0 Å². The SMILES string of the molecule is CCn1cc(NC(=S)Nc2cccc(C(F)(F)F)c2)c(C(N)=O)n1. The first-order valence-electron chi connectivity index (χ1n) is 6.83. The highest BCUT2D eigenvalue weighted by molar-refractivity contribution is 7.80. The molecular weight excluding hydrogens is 343 g/mol. The molecule has 6 nitrogen and oxygen atoms in total. The van der Waals surface area contributed by atoms with Crippen LogP contribution in [-0.4, -0.2) is 20.8 Å². The van der Waals surface area contributed by atoms with Gasteiger partial charge in [-0.05, 0) is 37.3 Å². The summed E-state index contributed by atoms with van der Waals surface area (Å²) in [4.78, 5) is 11.4. The maximum Gasteiger partial charge on any atom is 0.416 e. The molecule has 24 heavy (non-hydrogen) atoms. The first kappa shape index (κ1) is 17.7. The molecule has 0 bridgehead atoms. The Kier molecular flexibility index (Phi) is 5.07. The Balaban J connectivity index is 2.14. The lowest BCUT2D eigenvalue weighted by Crippen LogP contribution is -2.22. The molecule has 0 fully saturated rings. The molecule has 1 amide bonds. The molecule has 2 rings (SSSR count). The van der Waals surface area contributed by atoms with Crippen LogP contribution in [0.15, 0.2) is 30.5 Å². The summed E-state index contributed by atoms with van der Waals surface area (Å²) in [7, 11) is 0. The van der Waals surface area contributed by atoms with Crippen molar-refractivity contribution in [1.82, 2.24) is 9.78 Å². The number of aryl methyl sites for hydroxylation is 1. The number of anilines is 2. The van der Waals surface area contributed by atoms with Crippen LogP contribution in [0.1, 0.15) is 23.0 Å². The van der Waals surface area contributed by atoms with Crippen LogP contribution in [0.3, 0.4) is 0 Å². The summed E-state index contributed by atoms with van der Waals surface area (Å²) < 4.78 is 39.6. The van der Waals surface area contributed by atoms with E-state index in [0.717, 1.165) is 12.1 Å². The molecule has 2 aromatic rings. The molecule has 0 spiro atoms. The van der Waals surface area contributed by atoms with Gasteiger partial charge in [-0.1, -0.05) is 6.07 Å². The highest BCUT2D eigenvalue weighted by Gasteiger charge is 2.30. The van der Waals surface area contributed by atoms with Gasteiger partial charge in [-0.3, -0.25) is 9.48 Å². The maximum atomic E-state index is 12.7. The van der Waals surface area contributed by atoms with Gasteiger partial charge in [0.15, 0.2) is 10.8 Å². The van der Waals surface area contributed by atoms with Gasteiger partial charge in [0.2, 0.25) is 0 Å². The van der Waals surface area contributed by atoms with Gasteiger partial charge in [0, 0.05) is 18.4 Å². The van der Waals surface area contributed by atoms with E-state index in [4.69, 9.17) is 18.0 Å². The summed E-state index contributed by atoms with van der Waals surface area (Å²) >= 11 is 5.05. The van der Waals surface area contributed by atoms with Crippen molar-refractivity contribution >= 4 is 34.6 Å². The number of thiocarbonyl (C=S) groups is 1. The second kappa shape index (κ2) is 6.87. The van der Waals surface area contributed by atoms with E-state index in [1.165, 1.54) is 23.0 Å². The second-order valence-corrected chi connectivity index (χ2v) is 5.18. The standard InChI is InChI=1S/C14H14F3N5OS/c1-2-22-7-10(11(21-22)12(18)23)20-13(24)19-9-5-3-4-8(6-9)14(15,16)17/h3-7H,2H2,1H3,(H2,18,23)(H2,19,20,24). The number of alkyl halides is 3. The Morgan fingerprint density at radius 1 is 1.38 bits per heavy atom. The highest BCUT2D eigenvalue weighted by atomic mass is 32.1. The lowest BCUT2D eigenvalue weighted by molar-refractivity contribution is -0.137. The van der Waals surface area contributed by atoms with Crippen LogP contribution in [0.4, 0.5) is 24.5 Å². The first-order chi connectivity index (χ1) is 11.2. The Bertz CT molecular complexity index is 772. The normalized spacial score (nSPS) is 11.2. The lowest BCUT2D eigenvalue weighted by Gasteiger charge is -2.12. The topological polar surface area (TPSA) is 85.0 Å². The number of hydrogen-bond acceptors (Lipinski definition) is 3. The van der Waals surface area contributed by atoms with Crippen molar-refractivity contribution in [3.8, 4) is 0 Å². The molecule has 0 aliphatic carbocycles. The Morgan fingerprint density at radius 2 is 2.08 bits per heavy atom. The number of rotatable bonds is 4. The van der Waals surface area contributed by atoms with Crippen molar-refractivity contribution in [3.63, 3.8) is 0 Å². The van der Waals surface area contributed by atoms with Crippen LogP contribution in [0, 0.1) is 0 Å². The van der Waals surface area contributed by atoms with Crippen LogP contribution < -0.4 is 16.4 Å². The zero-order valence-corrected chi connectivity index (χ0v) is 13.3. The molecular formula is C14H14F3N5OS. The van der Waals surface area contributed by atoms with Crippen LogP contribution >= 0.6 is 12.2 Å². The van der Waals surface area contributed by atoms with E-state index in [2.05, 4.69) is 15.7 Å². The second-order valence-electron chi connectivity index (χ2n) is 4.77. The molecule has 10 heteroatoms. The molecule has 0 atom stereocenters. The number of nitrogens with one attached hydrogen (secondary N) is 2. The van der Waals surface area contributed by atoms with E-state index in [-0.39, 0.29) is 22.2 Å². The number of carbonyl (C=O) groups is 1. The minimum atomic E-state index is -4.45. The van der Waals surface area contributed by atoms with Crippen LogP contribution in [-0.2, 0) is 12.7 Å². The zero-order valence-electron chi connectivity index (χ0n) is 12.5. The van der Waals surface area contributed by atoms with E-state index >= 15 is 0 Å². The first-order valence-corrected chi connectivity index (χ1v) is 7.24. The molecule has 1 aromatic heterocycles. The van der Waals surface area contributed by atoms with Crippen LogP contribution in [0.5, 0.6) is 0 Å². The molecule has 0 unspecified atom stereocenters. The fourth-order valence-electron chi connectivity index (χ4n) is 1.91. The number of hydrogen-bond donors (Lipinski definition) is 3. The molecule has 0 saturated carbocycles. The Morgan fingerprint density at radius 3 is 2.67 bits per heavy atom. The number of benzene rings is 1. The third-order valence-electron chi connectivity index (χ3n) is 3.02. The van der Waals surface area contributed by atoms with E-state index in [1.54, 1.807) is 0 Å². The number of nitrogens with zero attached hydrogens (tertiary/aromatic N) is 2. The van der Waals surface area contributed by atoms with Gasteiger partial charge in [-0.2, -0.15) is 18.3 Å². The van der Waals surface area contributed by atoms with Gasteiger partial charge < -0.3 is 16.4 Å². The quantitative estimate of drug-likeness (QED) is 0.733. The van der Waals surface area contributed by atoms with Gasteiger partial charge in [0.25, 0.3) is 5.91 Å². The average Bonchev–Trinajstić information content (AvgIpc) is 2.89. The van der Waals surface area contributed by atoms with Gasteiger partial charge in [-0.25, -0.2) is 0 Å². The van der Waals surface area contributed by atoms with Crippen molar-refractivity contribution in [3.05, 3.63) is 41.7 Å². The minimum absolute atomic E-state index is 0.00692. The van der Waals surface area contributed by atoms with Crippen molar-refractivity contribution < 1.29 is 18.0 Å². The monoisotopic (exact) mass is 357 g/mol. The third-order valence-corrected chi connectivity index (χ3v) is 3.22. The number of amides is 1. The molecule has 0 aliphatic heterocycles. The number of carbonyl (C=O) groups excluding carboxylic acids is 1. The summed E-state index contributed by atoms with van der Waals surface area (Å²) in [5.41, 5.74) is 4.86. The van der Waals surface area contributed by atoms with Crippen LogP contribution in [0.25, 0.3) is 0 Å². The number of halogens is 3. The van der Waals surface area contributed by atoms with Crippen molar-refractivity contribution in [2.24, 2.45) is 5.73 Å². The molecule has 4 N–H and O–H groups in total. The third kappa shape index (κ3) is 4.22. The van der Waals surface area contributed by atoms with E-state index in [1.807, 2.05) is 6.92 Å². The Labute approximate surface area is 140 Å². The van der Waals surface area contributed by atoms with Gasteiger partial charge in [0.05, 0.1) is 11.3 Å². The van der Waals surface area contributed by atoms with Crippen molar-refractivity contribution in [2.45, 2.75) is 19.6 Å². The predicted octanol–water partition coefficient (Wildman–Crippen LogP) is 2.83. The molecule has 128 valence electrons. The lowest BCUT2D eigenvalue weighted by atomic mass is 10.2. The van der Waals surface area contributed by atoms with Gasteiger partial charge >= 0.3 is 6.18 Å². The largest absolute Gasteiger partial charge is 0.416 e. The average molecular weight is 357 g/mol. The van der Waals surface area contributed by atoms with E-state index in [0.29, 0.717) is 6.54 Å². The molecule has 1 heterocycles. The highest BCUT2D eigenvalue weighted by Crippen LogP contribution is 2.30. The summed E-state index contributed by atoms with van der Waals surface area (Å²) in [6, 6.07) is 4.59. The number of primary amides is 1. The summed E-state index contributed by atoms with van der Waals surface area (Å²) in [5.74, 6) is -0.744. The smallest absolute Gasteiger partial charge is 0.364 e. The van der Waals surface area contributed by atoms with Gasteiger partial charge in [-0.15, -0.1) is 0 Å². The molecule has 1 aromatic carbocycles. The summed E-state index contributed by atoms with van der Waals surface area (Å²) in [6.07, 6.45) is -2.92. The van der Waals surface area contributed by atoms with Crippen LogP contribution in [0.2, 0.25) is 0 Å². The molecule has 0 radical (unpaired) electrons. The minimum Gasteiger partial charge on any atom is -0.364 e. The van der Waals surface area contributed by atoms with Crippen molar-refractivity contribution in [1.29, 1.82) is 0 Å². The molecule has 0 saturated heterocycles. The van der Waals surface area contributed by atoms with E-state index < -0.39 is 17.6 Å². The number of nitrogens with two attached hydrogens (primary N) is 1. The summed E-state index contributed by atoms with van der Waals surface area (Å²) in [6.45, 7) is 2.33. The zero-order chi connectivity index (χ0) is 17.9. The maximum absolute atomic E-state index is 12.7. The summed E-state index contributed by atoms with van der Waals surface area (Å²) in [5, 5.41) is 9.32. The molecule has 0 aliphatic rings. The fraction of sp³-hybridized carbons (Fsp3) is 0.214. The van der Waals surface area contributed by atoms with Crippen molar-refractivity contribution in [2.75, 3.05) is 10.6 Å². The fourth-order valence-corrected chi connectivity index (χ4v) is 2.14.